The Labute approximate surface area is 154 Å². The van der Waals surface area contributed by atoms with Crippen molar-refractivity contribution in [1.29, 1.82) is 5.26 Å². The number of rotatable bonds is 6. The molecule has 1 amide bonds. The van der Waals surface area contributed by atoms with Crippen molar-refractivity contribution in [1.82, 2.24) is 4.90 Å². The Hall–Kier alpha value is -3.26. The van der Waals surface area contributed by atoms with Gasteiger partial charge in [0, 0.05) is 14.1 Å². The van der Waals surface area contributed by atoms with Crippen LogP contribution in [-0.4, -0.2) is 32.0 Å². The molecule has 0 heterocycles. The van der Waals surface area contributed by atoms with Gasteiger partial charge in [-0.05, 0) is 36.3 Å². The molecule has 2 rings (SSSR count). The Morgan fingerprint density at radius 2 is 1.85 bits per heavy atom. The number of hydrogen-bond acceptors (Lipinski definition) is 4. The van der Waals surface area contributed by atoms with Gasteiger partial charge >= 0.3 is 0 Å². The van der Waals surface area contributed by atoms with Crippen molar-refractivity contribution in [2.45, 2.75) is 13.5 Å². The van der Waals surface area contributed by atoms with Gasteiger partial charge in [0.15, 0.2) is 11.5 Å². The maximum absolute atomic E-state index is 12.0. The molecule has 5 heteroatoms. The van der Waals surface area contributed by atoms with Gasteiger partial charge < -0.3 is 14.4 Å². The van der Waals surface area contributed by atoms with E-state index in [0.29, 0.717) is 23.7 Å². The van der Waals surface area contributed by atoms with Gasteiger partial charge in [-0.3, -0.25) is 4.79 Å². The third-order valence-corrected chi connectivity index (χ3v) is 3.77. The topological polar surface area (TPSA) is 62.6 Å². The molecule has 0 saturated heterocycles. The summed E-state index contributed by atoms with van der Waals surface area (Å²) < 4.78 is 11.2. The van der Waals surface area contributed by atoms with E-state index >= 15 is 0 Å². The molecule has 0 spiro atoms. The summed E-state index contributed by atoms with van der Waals surface area (Å²) in [7, 11) is 4.77. The second-order valence-corrected chi connectivity index (χ2v) is 6.05. The SMILES string of the molecule is COc1cc(/C=C(/C#N)C(=O)N(C)C)ccc1OCc1ccc(C)cc1. The van der Waals surface area contributed by atoms with Crippen molar-refractivity contribution < 1.29 is 14.3 Å². The molecule has 5 nitrogen and oxygen atoms in total. The first-order valence-corrected chi connectivity index (χ1v) is 8.14. The summed E-state index contributed by atoms with van der Waals surface area (Å²) in [6.45, 7) is 2.46. The maximum atomic E-state index is 12.0. The van der Waals surface area contributed by atoms with E-state index in [1.165, 1.54) is 16.5 Å². The number of benzene rings is 2. The van der Waals surface area contributed by atoms with E-state index in [4.69, 9.17) is 9.47 Å². The zero-order valence-electron chi connectivity index (χ0n) is 15.4. The van der Waals surface area contributed by atoms with Crippen LogP contribution < -0.4 is 9.47 Å². The highest BCUT2D eigenvalue weighted by atomic mass is 16.5. The van der Waals surface area contributed by atoms with E-state index in [9.17, 15) is 10.1 Å². The Morgan fingerprint density at radius 1 is 1.15 bits per heavy atom. The number of nitriles is 1. The number of likely N-dealkylation sites (N-methyl/N-ethyl adjacent to an activating group) is 1. The van der Waals surface area contributed by atoms with Crippen LogP contribution in [0.25, 0.3) is 6.08 Å². The van der Waals surface area contributed by atoms with Crippen LogP contribution in [-0.2, 0) is 11.4 Å². The second-order valence-electron chi connectivity index (χ2n) is 6.05. The van der Waals surface area contributed by atoms with Gasteiger partial charge in [-0.2, -0.15) is 5.26 Å². The lowest BCUT2D eigenvalue weighted by Crippen LogP contribution is -2.22. The zero-order valence-corrected chi connectivity index (χ0v) is 15.4. The fourth-order valence-corrected chi connectivity index (χ4v) is 2.29. The highest BCUT2D eigenvalue weighted by Crippen LogP contribution is 2.29. The highest BCUT2D eigenvalue weighted by Gasteiger charge is 2.12. The van der Waals surface area contributed by atoms with Gasteiger partial charge in [-0.15, -0.1) is 0 Å². The summed E-state index contributed by atoms with van der Waals surface area (Å²) >= 11 is 0. The minimum absolute atomic E-state index is 0.0605. The molecule has 0 N–H and O–H groups in total. The van der Waals surface area contributed by atoms with Crippen LogP contribution in [0, 0.1) is 18.3 Å². The van der Waals surface area contributed by atoms with Crippen LogP contribution in [0.4, 0.5) is 0 Å². The molecular weight excluding hydrogens is 328 g/mol. The Kier molecular flexibility index (Phi) is 6.40. The first-order valence-electron chi connectivity index (χ1n) is 8.14. The predicted octanol–water partition coefficient (Wildman–Crippen LogP) is 3.58. The lowest BCUT2D eigenvalue weighted by atomic mass is 10.1. The minimum Gasteiger partial charge on any atom is -0.493 e. The summed E-state index contributed by atoms with van der Waals surface area (Å²) in [4.78, 5) is 13.3. The average Bonchev–Trinajstić information content (AvgIpc) is 2.65. The number of carbonyl (C=O) groups is 1. The molecule has 0 aliphatic carbocycles. The molecule has 0 aromatic heterocycles. The number of hydrogen-bond donors (Lipinski definition) is 0. The highest BCUT2D eigenvalue weighted by molar-refractivity contribution is 6.01. The summed E-state index contributed by atoms with van der Waals surface area (Å²) in [5, 5.41) is 9.20. The summed E-state index contributed by atoms with van der Waals surface area (Å²) in [6, 6.07) is 15.3. The molecule has 0 aliphatic rings. The standard InChI is InChI=1S/C21H22N2O3/c1-15-5-7-16(8-6-15)14-26-19-10-9-17(12-20(19)25-4)11-18(13-22)21(24)23(2)3/h5-12H,14H2,1-4H3/b18-11-. The van der Waals surface area contributed by atoms with E-state index in [0.717, 1.165) is 5.56 Å². The van der Waals surface area contributed by atoms with Gasteiger partial charge in [0.2, 0.25) is 0 Å². The molecule has 0 saturated carbocycles. The van der Waals surface area contributed by atoms with E-state index in [1.54, 1.807) is 39.4 Å². The molecule has 0 aliphatic heterocycles. The van der Waals surface area contributed by atoms with Crippen molar-refractivity contribution in [2.24, 2.45) is 0 Å². The number of aryl methyl sites for hydroxylation is 1. The normalized spacial score (nSPS) is 10.8. The average molecular weight is 350 g/mol. The largest absolute Gasteiger partial charge is 0.493 e. The van der Waals surface area contributed by atoms with E-state index < -0.39 is 0 Å². The molecule has 0 radical (unpaired) electrons. The lowest BCUT2D eigenvalue weighted by molar-refractivity contribution is -0.124. The minimum atomic E-state index is -0.342. The van der Waals surface area contributed by atoms with Crippen LogP contribution in [0.5, 0.6) is 11.5 Å². The predicted molar refractivity (Wildman–Crippen MR) is 101 cm³/mol. The molecule has 26 heavy (non-hydrogen) atoms. The van der Waals surface area contributed by atoms with E-state index in [1.807, 2.05) is 37.3 Å². The number of amides is 1. The number of nitrogens with zero attached hydrogens (tertiary/aromatic N) is 2. The van der Waals surface area contributed by atoms with Crippen molar-refractivity contribution in [3.8, 4) is 17.6 Å². The van der Waals surface area contributed by atoms with Crippen LogP contribution >= 0.6 is 0 Å². The van der Waals surface area contributed by atoms with Gasteiger partial charge in [0.25, 0.3) is 5.91 Å². The Bertz CT molecular complexity index is 847. The number of ether oxygens (including phenoxy) is 2. The second kappa shape index (κ2) is 8.72. The molecule has 0 fully saturated rings. The van der Waals surface area contributed by atoms with Crippen molar-refractivity contribution >= 4 is 12.0 Å². The van der Waals surface area contributed by atoms with Gasteiger partial charge in [0.05, 0.1) is 7.11 Å². The summed E-state index contributed by atoms with van der Waals surface area (Å²) in [6.07, 6.45) is 1.54. The molecule has 0 atom stereocenters. The van der Waals surface area contributed by atoms with Crippen molar-refractivity contribution in [2.75, 3.05) is 21.2 Å². The van der Waals surface area contributed by atoms with Gasteiger partial charge in [-0.1, -0.05) is 35.9 Å². The molecule has 2 aromatic rings. The zero-order chi connectivity index (χ0) is 19.1. The molecule has 134 valence electrons. The number of carbonyl (C=O) groups excluding carboxylic acids is 1. The third kappa shape index (κ3) is 4.87. The van der Waals surface area contributed by atoms with Gasteiger partial charge in [0.1, 0.15) is 18.2 Å². The lowest BCUT2D eigenvalue weighted by Gasteiger charge is -2.12. The number of methoxy groups -OCH3 is 1. The fraction of sp³-hybridized carbons (Fsp3) is 0.238. The smallest absolute Gasteiger partial charge is 0.264 e. The van der Waals surface area contributed by atoms with Crippen molar-refractivity contribution in [3.05, 3.63) is 64.7 Å². The first kappa shape index (κ1) is 19.1. The monoisotopic (exact) mass is 350 g/mol. The Balaban J connectivity index is 2.20. The van der Waals surface area contributed by atoms with Crippen LogP contribution in [0.2, 0.25) is 0 Å². The quantitative estimate of drug-likeness (QED) is 0.590. The van der Waals surface area contributed by atoms with Crippen molar-refractivity contribution in [3.63, 3.8) is 0 Å². The molecule has 0 bridgehead atoms. The maximum Gasteiger partial charge on any atom is 0.264 e. The third-order valence-electron chi connectivity index (χ3n) is 3.77. The van der Waals surface area contributed by atoms with E-state index in [-0.39, 0.29) is 11.5 Å². The van der Waals surface area contributed by atoms with Crippen LogP contribution in [0.15, 0.2) is 48.0 Å². The summed E-state index contributed by atoms with van der Waals surface area (Å²) in [5.41, 5.74) is 3.01. The first-order chi connectivity index (χ1) is 12.4. The van der Waals surface area contributed by atoms with Crippen LogP contribution in [0.3, 0.4) is 0 Å². The molecule has 0 unspecified atom stereocenters. The van der Waals surface area contributed by atoms with Crippen LogP contribution in [0.1, 0.15) is 16.7 Å². The Morgan fingerprint density at radius 3 is 2.42 bits per heavy atom. The fourth-order valence-electron chi connectivity index (χ4n) is 2.29. The van der Waals surface area contributed by atoms with E-state index in [2.05, 4.69) is 0 Å². The molecular formula is C21H22N2O3. The summed E-state index contributed by atoms with van der Waals surface area (Å²) in [5.74, 6) is 0.800. The molecule has 2 aromatic carbocycles. The van der Waals surface area contributed by atoms with Gasteiger partial charge in [-0.25, -0.2) is 0 Å².